The number of hydrogen-bond acceptors (Lipinski definition) is 7. The van der Waals surface area contributed by atoms with Crippen LogP contribution in [0.15, 0.2) is 30.6 Å². The highest BCUT2D eigenvalue weighted by molar-refractivity contribution is 6.31. The molecule has 1 aromatic heterocycles. The minimum Gasteiger partial charge on any atom is -0.489 e. The molecule has 1 aromatic carbocycles. The van der Waals surface area contributed by atoms with Gasteiger partial charge >= 0.3 is 0 Å². The molecule has 3 N–H and O–H groups in total. The molecule has 0 bridgehead atoms. The fourth-order valence-corrected chi connectivity index (χ4v) is 4.82. The zero-order valence-electron chi connectivity index (χ0n) is 18.7. The van der Waals surface area contributed by atoms with Crippen molar-refractivity contribution >= 4 is 17.5 Å². The maximum atomic E-state index is 12.8. The van der Waals surface area contributed by atoms with Crippen LogP contribution in [0.1, 0.15) is 49.4 Å². The minimum absolute atomic E-state index is 0.145. The molecule has 0 aliphatic heterocycles. The Morgan fingerprint density at radius 3 is 2.47 bits per heavy atom. The van der Waals surface area contributed by atoms with Crippen molar-refractivity contribution in [3.05, 3.63) is 52.6 Å². The van der Waals surface area contributed by atoms with Gasteiger partial charge < -0.3 is 20.5 Å². The lowest BCUT2D eigenvalue weighted by Crippen LogP contribution is -2.74. The lowest BCUT2D eigenvalue weighted by atomic mass is 9.49. The number of hydrogen-bond donors (Lipinski definition) is 2. The first-order valence-electron chi connectivity index (χ1n) is 10.4. The normalized spacial score (nSPS) is 20.7. The number of carbonyl (C=O) groups excluding carboxylic acids is 1. The van der Waals surface area contributed by atoms with Gasteiger partial charge in [0.25, 0.3) is 5.91 Å². The third-order valence-electron chi connectivity index (χ3n) is 5.89. The summed E-state index contributed by atoms with van der Waals surface area (Å²) in [5.41, 5.74) is 5.47. The lowest BCUT2D eigenvalue weighted by molar-refractivity contribution is -0.164. The van der Waals surface area contributed by atoms with Gasteiger partial charge in [-0.05, 0) is 12.1 Å². The molecular formula is C23H28ClN5O3. The topological polar surface area (TPSA) is 123 Å². The second-order valence-corrected chi connectivity index (χ2v) is 9.44. The number of nitrogens with zero attached hydrogens (tertiary/aromatic N) is 3. The molecular weight excluding hydrogens is 430 g/mol. The van der Waals surface area contributed by atoms with E-state index < -0.39 is 0 Å². The number of ether oxygens (including phenoxy) is 2. The fraction of sp³-hybridized carbons (Fsp3) is 0.478. The number of nitrogens with two attached hydrogens (primary N) is 1. The molecule has 0 radical (unpaired) electrons. The Morgan fingerprint density at radius 1 is 1.25 bits per heavy atom. The van der Waals surface area contributed by atoms with Crippen LogP contribution in [-0.2, 0) is 11.3 Å². The summed E-state index contributed by atoms with van der Waals surface area (Å²) in [4.78, 5) is 21.2. The molecule has 1 heterocycles. The van der Waals surface area contributed by atoms with Crippen LogP contribution >= 0.6 is 11.6 Å². The first kappa shape index (κ1) is 23.9. The second-order valence-electron chi connectivity index (χ2n) is 9.03. The summed E-state index contributed by atoms with van der Waals surface area (Å²) < 4.78 is 11.6. The quantitative estimate of drug-likeness (QED) is 0.583. The number of nitrogens with one attached hydrogen (secondary N) is 1. The number of halogens is 1. The van der Waals surface area contributed by atoms with Gasteiger partial charge in [0, 0.05) is 41.9 Å². The standard InChI is InChI=1S/C23H28ClN5O3/c1-22(2)20(29-19(30)15-11-27-18(28-12-15)13-31-8-7-25)23(3,4)21(22)32-16-6-5-14(10-26)17(24)9-16/h5-6,9,11-12,20-21H,7-8,13,25H2,1-4H3,(H,29,30). The molecule has 1 aliphatic rings. The molecule has 170 valence electrons. The van der Waals surface area contributed by atoms with Crippen LogP contribution in [-0.4, -0.2) is 41.2 Å². The predicted octanol–water partition coefficient (Wildman–Crippen LogP) is 3.09. The molecule has 0 unspecified atom stereocenters. The van der Waals surface area contributed by atoms with E-state index >= 15 is 0 Å². The third-order valence-corrected chi connectivity index (χ3v) is 6.20. The SMILES string of the molecule is CC1(C)C(NC(=O)c2cnc(COCCN)nc2)C(C)(C)C1Oc1ccc(C#N)c(Cl)c1. The van der Waals surface area contributed by atoms with Gasteiger partial charge in [0.15, 0.2) is 5.82 Å². The number of carbonyl (C=O) groups is 1. The largest absolute Gasteiger partial charge is 0.489 e. The molecule has 1 fully saturated rings. The molecule has 3 rings (SSSR count). The maximum Gasteiger partial charge on any atom is 0.254 e. The van der Waals surface area contributed by atoms with Crippen molar-refractivity contribution in [2.45, 2.75) is 46.4 Å². The molecule has 8 nitrogen and oxygen atoms in total. The van der Waals surface area contributed by atoms with Gasteiger partial charge in [0.05, 0.1) is 22.8 Å². The van der Waals surface area contributed by atoms with Crippen molar-refractivity contribution in [1.29, 1.82) is 5.26 Å². The van der Waals surface area contributed by atoms with Crippen LogP contribution in [0.5, 0.6) is 5.75 Å². The summed E-state index contributed by atoms with van der Waals surface area (Å²) in [6, 6.07) is 6.92. The van der Waals surface area contributed by atoms with Crippen LogP contribution in [0.2, 0.25) is 5.02 Å². The number of benzene rings is 1. The number of aromatic nitrogens is 2. The zero-order valence-corrected chi connectivity index (χ0v) is 19.4. The summed E-state index contributed by atoms with van der Waals surface area (Å²) in [5.74, 6) is 0.838. The Kier molecular flexibility index (Phi) is 7.03. The Morgan fingerprint density at radius 2 is 1.91 bits per heavy atom. The van der Waals surface area contributed by atoms with Crippen molar-refractivity contribution in [3.8, 4) is 11.8 Å². The van der Waals surface area contributed by atoms with E-state index in [2.05, 4.69) is 15.3 Å². The lowest BCUT2D eigenvalue weighted by Gasteiger charge is -2.63. The van der Waals surface area contributed by atoms with Crippen molar-refractivity contribution < 1.29 is 14.3 Å². The number of amides is 1. The molecule has 1 saturated carbocycles. The van der Waals surface area contributed by atoms with E-state index in [4.69, 9.17) is 32.1 Å². The van der Waals surface area contributed by atoms with E-state index in [1.54, 1.807) is 18.2 Å². The first-order chi connectivity index (χ1) is 15.1. The Hall–Kier alpha value is -2.73. The van der Waals surface area contributed by atoms with Crippen LogP contribution in [0, 0.1) is 22.2 Å². The smallest absolute Gasteiger partial charge is 0.254 e. The van der Waals surface area contributed by atoms with Gasteiger partial charge in [0.2, 0.25) is 0 Å². The van der Waals surface area contributed by atoms with Crippen molar-refractivity contribution in [2.75, 3.05) is 13.2 Å². The van der Waals surface area contributed by atoms with E-state index in [1.165, 1.54) is 12.4 Å². The molecule has 32 heavy (non-hydrogen) atoms. The average molecular weight is 458 g/mol. The van der Waals surface area contributed by atoms with E-state index in [1.807, 2.05) is 33.8 Å². The predicted molar refractivity (Wildman–Crippen MR) is 120 cm³/mol. The molecule has 0 atom stereocenters. The molecule has 1 amide bonds. The molecule has 9 heteroatoms. The summed E-state index contributed by atoms with van der Waals surface area (Å²) in [6.45, 7) is 9.30. The first-order valence-corrected chi connectivity index (χ1v) is 10.7. The van der Waals surface area contributed by atoms with E-state index in [9.17, 15) is 4.79 Å². The van der Waals surface area contributed by atoms with E-state index in [-0.39, 0.29) is 35.5 Å². The minimum atomic E-state index is -0.351. The van der Waals surface area contributed by atoms with E-state index in [0.29, 0.717) is 40.9 Å². The summed E-state index contributed by atoms with van der Waals surface area (Å²) in [5, 5.41) is 12.5. The van der Waals surface area contributed by atoms with Crippen LogP contribution < -0.4 is 15.8 Å². The van der Waals surface area contributed by atoms with E-state index in [0.717, 1.165) is 0 Å². The number of rotatable bonds is 8. The van der Waals surface area contributed by atoms with Gasteiger partial charge in [-0.3, -0.25) is 4.79 Å². The van der Waals surface area contributed by atoms with Crippen LogP contribution in [0.3, 0.4) is 0 Å². The second kappa shape index (κ2) is 9.41. The van der Waals surface area contributed by atoms with Gasteiger partial charge in [-0.15, -0.1) is 0 Å². The molecule has 1 aliphatic carbocycles. The summed E-state index contributed by atoms with van der Waals surface area (Å²) in [7, 11) is 0. The summed E-state index contributed by atoms with van der Waals surface area (Å²) >= 11 is 6.14. The molecule has 2 aromatic rings. The van der Waals surface area contributed by atoms with Crippen molar-refractivity contribution in [2.24, 2.45) is 16.6 Å². The number of nitriles is 1. The van der Waals surface area contributed by atoms with Gasteiger partial charge in [-0.1, -0.05) is 39.3 Å². The van der Waals surface area contributed by atoms with Crippen molar-refractivity contribution in [3.63, 3.8) is 0 Å². The van der Waals surface area contributed by atoms with Gasteiger partial charge in [0.1, 0.15) is 24.5 Å². The monoisotopic (exact) mass is 457 g/mol. The third kappa shape index (κ3) is 4.70. The highest BCUT2D eigenvalue weighted by Gasteiger charge is 2.64. The fourth-order valence-electron chi connectivity index (χ4n) is 4.60. The van der Waals surface area contributed by atoms with Crippen LogP contribution in [0.4, 0.5) is 0 Å². The van der Waals surface area contributed by atoms with Crippen molar-refractivity contribution in [1.82, 2.24) is 15.3 Å². The zero-order chi connectivity index (χ0) is 23.5. The highest BCUT2D eigenvalue weighted by Crippen LogP contribution is 2.55. The van der Waals surface area contributed by atoms with Gasteiger partial charge in [-0.25, -0.2) is 9.97 Å². The van der Waals surface area contributed by atoms with Gasteiger partial charge in [-0.2, -0.15) is 5.26 Å². The Bertz CT molecular complexity index is 1000. The van der Waals surface area contributed by atoms with Crippen LogP contribution in [0.25, 0.3) is 0 Å². The summed E-state index contributed by atoms with van der Waals surface area (Å²) in [6.07, 6.45) is 2.81. The Labute approximate surface area is 193 Å². The molecule has 0 spiro atoms. The average Bonchev–Trinajstić information content (AvgIpc) is 2.76. The maximum absolute atomic E-state index is 12.8. The highest BCUT2D eigenvalue weighted by atomic mass is 35.5. The Balaban J connectivity index is 1.67. The molecule has 0 saturated heterocycles.